The SMILES string of the molecule is C=CCNC(=O)N1CCc2c([nH]c3ccc(OC)cc23)C12CCN(CCOc1ccccc1)C2. The highest BCUT2D eigenvalue weighted by Crippen LogP contribution is 2.45. The van der Waals surface area contributed by atoms with Gasteiger partial charge in [0, 0.05) is 49.3 Å². The molecule has 0 saturated carbocycles. The van der Waals surface area contributed by atoms with Crippen LogP contribution in [-0.2, 0) is 12.0 Å². The number of hydrogen-bond acceptors (Lipinski definition) is 4. The van der Waals surface area contributed by atoms with Gasteiger partial charge in [0.05, 0.1) is 12.6 Å². The molecule has 7 nitrogen and oxygen atoms in total. The minimum atomic E-state index is -0.405. The van der Waals surface area contributed by atoms with Gasteiger partial charge in [-0.05, 0) is 48.7 Å². The molecule has 5 rings (SSSR count). The number of hydrogen-bond donors (Lipinski definition) is 2. The zero-order valence-electron chi connectivity index (χ0n) is 19.7. The summed E-state index contributed by atoms with van der Waals surface area (Å²) in [6.07, 6.45) is 3.40. The summed E-state index contributed by atoms with van der Waals surface area (Å²) in [6.45, 7) is 7.97. The summed E-state index contributed by atoms with van der Waals surface area (Å²) in [5, 5.41) is 4.19. The second-order valence-corrected chi connectivity index (χ2v) is 8.99. The molecule has 1 spiro atoms. The third kappa shape index (κ3) is 4.01. The van der Waals surface area contributed by atoms with E-state index >= 15 is 0 Å². The van der Waals surface area contributed by atoms with E-state index in [-0.39, 0.29) is 6.03 Å². The number of rotatable bonds is 7. The molecule has 1 aromatic heterocycles. The van der Waals surface area contributed by atoms with Crippen molar-refractivity contribution in [2.75, 3.05) is 46.4 Å². The van der Waals surface area contributed by atoms with E-state index in [1.165, 1.54) is 10.9 Å². The second-order valence-electron chi connectivity index (χ2n) is 8.99. The highest BCUT2D eigenvalue weighted by Gasteiger charge is 2.50. The number of fused-ring (bicyclic) bond motifs is 4. The van der Waals surface area contributed by atoms with Gasteiger partial charge in [-0.2, -0.15) is 0 Å². The first-order chi connectivity index (χ1) is 16.6. The van der Waals surface area contributed by atoms with Gasteiger partial charge in [0.2, 0.25) is 0 Å². The molecule has 178 valence electrons. The van der Waals surface area contributed by atoms with Crippen LogP contribution in [0.3, 0.4) is 0 Å². The van der Waals surface area contributed by atoms with Crippen molar-refractivity contribution in [2.24, 2.45) is 0 Å². The molecule has 0 aliphatic carbocycles. The third-order valence-corrected chi connectivity index (χ3v) is 7.07. The van der Waals surface area contributed by atoms with E-state index in [2.05, 4.69) is 33.9 Å². The maximum atomic E-state index is 13.2. The first kappa shape index (κ1) is 22.3. The molecule has 2 aromatic carbocycles. The van der Waals surface area contributed by atoms with E-state index in [1.54, 1.807) is 13.2 Å². The number of aromatic amines is 1. The van der Waals surface area contributed by atoms with Crippen LogP contribution >= 0.6 is 0 Å². The number of nitrogens with zero attached hydrogens (tertiary/aromatic N) is 2. The van der Waals surface area contributed by atoms with Crippen LogP contribution in [-0.4, -0.2) is 67.3 Å². The first-order valence-electron chi connectivity index (χ1n) is 11.9. The lowest BCUT2D eigenvalue weighted by molar-refractivity contribution is 0.0995. The molecular formula is C27H32N4O3. The molecule has 0 radical (unpaired) electrons. The highest BCUT2D eigenvalue weighted by atomic mass is 16.5. The molecule has 7 heteroatoms. The number of benzene rings is 2. The largest absolute Gasteiger partial charge is 0.497 e. The number of urea groups is 1. The van der Waals surface area contributed by atoms with Crippen molar-refractivity contribution in [1.29, 1.82) is 0 Å². The van der Waals surface area contributed by atoms with Crippen LogP contribution in [0, 0.1) is 0 Å². The number of nitrogens with one attached hydrogen (secondary N) is 2. The number of amides is 2. The van der Waals surface area contributed by atoms with E-state index in [0.29, 0.717) is 19.7 Å². The lowest BCUT2D eigenvalue weighted by atomic mass is 9.84. The van der Waals surface area contributed by atoms with Crippen LogP contribution in [0.25, 0.3) is 10.9 Å². The van der Waals surface area contributed by atoms with Gasteiger partial charge in [0.25, 0.3) is 0 Å². The number of para-hydroxylation sites is 1. The van der Waals surface area contributed by atoms with Crippen LogP contribution in [0.15, 0.2) is 61.2 Å². The van der Waals surface area contributed by atoms with Crippen LogP contribution < -0.4 is 14.8 Å². The van der Waals surface area contributed by atoms with Gasteiger partial charge in [-0.25, -0.2) is 4.79 Å². The first-order valence-corrected chi connectivity index (χ1v) is 11.9. The topological polar surface area (TPSA) is 69.8 Å². The third-order valence-electron chi connectivity index (χ3n) is 7.07. The summed E-state index contributed by atoms with van der Waals surface area (Å²) in [5.74, 6) is 1.73. The number of H-pyrrole nitrogens is 1. The Morgan fingerprint density at radius 1 is 1.21 bits per heavy atom. The number of likely N-dealkylation sites (tertiary alicyclic amines) is 1. The molecule has 2 aliphatic rings. The maximum Gasteiger partial charge on any atom is 0.318 e. The van der Waals surface area contributed by atoms with E-state index in [0.717, 1.165) is 55.2 Å². The zero-order valence-corrected chi connectivity index (χ0v) is 19.7. The predicted molar refractivity (Wildman–Crippen MR) is 134 cm³/mol. The quantitative estimate of drug-likeness (QED) is 0.525. The summed E-state index contributed by atoms with van der Waals surface area (Å²) in [7, 11) is 1.69. The highest BCUT2D eigenvalue weighted by molar-refractivity contribution is 5.88. The van der Waals surface area contributed by atoms with Crippen molar-refractivity contribution in [2.45, 2.75) is 18.4 Å². The van der Waals surface area contributed by atoms with Gasteiger partial charge in [-0.15, -0.1) is 6.58 Å². The summed E-state index contributed by atoms with van der Waals surface area (Å²) < 4.78 is 11.4. The Labute approximate surface area is 200 Å². The Hall–Kier alpha value is -3.45. The Balaban J connectivity index is 1.43. The van der Waals surface area contributed by atoms with E-state index < -0.39 is 5.54 Å². The van der Waals surface area contributed by atoms with Gasteiger partial charge in [0.1, 0.15) is 18.1 Å². The summed E-state index contributed by atoms with van der Waals surface area (Å²) >= 11 is 0. The standard InChI is InChI=1S/C27H32N4O3/c1-3-13-28-26(32)31-14-11-22-23-18-21(33-2)9-10-24(23)29-25(22)27(31)12-15-30(19-27)16-17-34-20-7-5-4-6-8-20/h3-10,18,29H,1,11-17,19H2,2H3,(H,28,32). The summed E-state index contributed by atoms with van der Waals surface area (Å²) in [4.78, 5) is 21.4. The fourth-order valence-corrected chi connectivity index (χ4v) is 5.43. The smallest absolute Gasteiger partial charge is 0.318 e. The van der Waals surface area contributed by atoms with Crippen molar-refractivity contribution in [3.8, 4) is 11.5 Å². The van der Waals surface area contributed by atoms with E-state index in [4.69, 9.17) is 9.47 Å². The lowest BCUT2D eigenvalue weighted by Gasteiger charge is -2.44. The number of carbonyl (C=O) groups excluding carboxylic acids is 1. The molecule has 1 saturated heterocycles. The molecule has 1 unspecified atom stereocenters. The van der Waals surface area contributed by atoms with Crippen LogP contribution in [0.4, 0.5) is 4.79 Å². The molecule has 34 heavy (non-hydrogen) atoms. The molecule has 0 bridgehead atoms. The minimum absolute atomic E-state index is 0.0378. The Morgan fingerprint density at radius 3 is 2.85 bits per heavy atom. The van der Waals surface area contributed by atoms with Crippen molar-refractivity contribution in [3.63, 3.8) is 0 Å². The van der Waals surface area contributed by atoms with Crippen LogP contribution in [0.5, 0.6) is 11.5 Å². The predicted octanol–water partition coefficient (Wildman–Crippen LogP) is 3.91. The number of methoxy groups -OCH3 is 1. The number of carbonyl (C=O) groups is 1. The molecule has 1 atom stereocenters. The molecule has 2 N–H and O–H groups in total. The van der Waals surface area contributed by atoms with Gasteiger partial charge >= 0.3 is 6.03 Å². The Bertz CT molecular complexity index is 1180. The molecular weight excluding hydrogens is 428 g/mol. The maximum absolute atomic E-state index is 13.2. The van der Waals surface area contributed by atoms with E-state index in [9.17, 15) is 4.79 Å². The monoisotopic (exact) mass is 460 g/mol. The Morgan fingerprint density at radius 2 is 2.06 bits per heavy atom. The van der Waals surface area contributed by atoms with Crippen LogP contribution in [0.1, 0.15) is 17.7 Å². The second kappa shape index (κ2) is 9.43. The molecule has 3 aromatic rings. The molecule has 3 heterocycles. The molecule has 2 aliphatic heterocycles. The van der Waals surface area contributed by atoms with Gasteiger partial charge in [-0.3, -0.25) is 4.90 Å². The van der Waals surface area contributed by atoms with Crippen molar-refractivity contribution < 1.29 is 14.3 Å². The average Bonchev–Trinajstić information content (AvgIpc) is 3.46. The summed E-state index contributed by atoms with van der Waals surface area (Å²) in [5.41, 5.74) is 3.13. The van der Waals surface area contributed by atoms with Crippen LogP contribution in [0.2, 0.25) is 0 Å². The van der Waals surface area contributed by atoms with Crippen molar-refractivity contribution >= 4 is 16.9 Å². The normalized spacial score (nSPS) is 19.9. The molecule has 1 fully saturated rings. The van der Waals surface area contributed by atoms with E-state index in [1.807, 2.05) is 41.3 Å². The Kier molecular flexibility index (Phi) is 6.20. The zero-order chi connectivity index (χ0) is 23.5. The minimum Gasteiger partial charge on any atom is -0.497 e. The van der Waals surface area contributed by atoms with Gasteiger partial charge in [0.15, 0.2) is 0 Å². The fourth-order valence-electron chi connectivity index (χ4n) is 5.43. The van der Waals surface area contributed by atoms with Crippen molar-refractivity contribution in [1.82, 2.24) is 20.1 Å². The number of aromatic nitrogens is 1. The van der Waals surface area contributed by atoms with Gasteiger partial charge in [-0.1, -0.05) is 24.3 Å². The lowest BCUT2D eigenvalue weighted by Crippen LogP contribution is -2.57. The summed E-state index contributed by atoms with van der Waals surface area (Å²) in [6, 6.07) is 16.0. The van der Waals surface area contributed by atoms with Gasteiger partial charge < -0.3 is 24.7 Å². The number of ether oxygens (including phenoxy) is 2. The average molecular weight is 461 g/mol. The fraction of sp³-hybridized carbons (Fsp3) is 0.370. The van der Waals surface area contributed by atoms with Crippen molar-refractivity contribution in [3.05, 3.63) is 72.4 Å². The molecule has 2 amide bonds.